The van der Waals surface area contributed by atoms with Gasteiger partial charge in [-0.05, 0) is 36.8 Å². The van der Waals surface area contributed by atoms with E-state index in [0.29, 0.717) is 0 Å². The third-order valence-electron chi connectivity index (χ3n) is 3.53. The molecule has 1 aromatic heterocycles. The van der Waals surface area contributed by atoms with E-state index >= 15 is 0 Å². The zero-order valence-corrected chi connectivity index (χ0v) is 11.7. The fraction of sp³-hybridized carbons (Fsp3) is 0.750. The highest BCUT2D eigenvalue weighted by molar-refractivity contribution is 5.23. The Bertz CT molecular complexity index is 248. The summed E-state index contributed by atoms with van der Waals surface area (Å²) in [5, 5.41) is 0. The average Bonchev–Trinajstić information content (AvgIpc) is 2.78. The van der Waals surface area contributed by atoms with Crippen LogP contribution in [0.2, 0.25) is 0 Å². The minimum Gasteiger partial charge on any atom is -0.367 e. The third kappa shape index (κ3) is 5.95. The zero-order valence-electron chi connectivity index (χ0n) is 11.7. The molecule has 0 aromatic carbocycles. The lowest BCUT2D eigenvalue weighted by Gasteiger charge is -2.04. The monoisotopic (exact) mass is 235 g/mol. The maximum absolute atomic E-state index is 3.28. The Morgan fingerprint density at radius 1 is 0.706 bits per heavy atom. The fourth-order valence-electron chi connectivity index (χ4n) is 2.38. The van der Waals surface area contributed by atoms with Crippen LogP contribution < -0.4 is 0 Å². The summed E-state index contributed by atoms with van der Waals surface area (Å²) in [5.41, 5.74) is 3.13. The normalized spacial score (nSPS) is 10.9. The van der Waals surface area contributed by atoms with E-state index in [-0.39, 0.29) is 0 Å². The molecule has 0 aliphatic carbocycles. The van der Waals surface area contributed by atoms with Crippen LogP contribution in [0.25, 0.3) is 0 Å². The van der Waals surface area contributed by atoms with E-state index in [2.05, 4.69) is 31.2 Å². The third-order valence-corrected chi connectivity index (χ3v) is 3.53. The van der Waals surface area contributed by atoms with Gasteiger partial charge in [-0.25, -0.2) is 0 Å². The molecule has 0 saturated heterocycles. The van der Waals surface area contributed by atoms with Gasteiger partial charge < -0.3 is 4.98 Å². The van der Waals surface area contributed by atoms with Crippen LogP contribution in [0.15, 0.2) is 12.4 Å². The molecule has 0 amide bonds. The van der Waals surface area contributed by atoms with Gasteiger partial charge >= 0.3 is 0 Å². The Labute approximate surface area is 107 Å². The van der Waals surface area contributed by atoms with E-state index in [1.165, 1.54) is 64.2 Å². The Hall–Kier alpha value is -0.720. The van der Waals surface area contributed by atoms with Gasteiger partial charge in [0.2, 0.25) is 0 Å². The van der Waals surface area contributed by atoms with Crippen LogP contribution in [-0.4, -0.2) is 4.98 Å². The molecule has 0 radical (unpaired) electrons. The van der Waals surface area contributed by atoms with Gasteiger partial charge in [-0.1, -0.05) is 52.4 Å². The Kier molecular flexibility index (Phi) is 7.87. The van der Waals surface area contributed by atoms with Crippen molar-refractivity contribution in [3.63, 3.8) is 0 Å². The second-order valence-electron chi connectivity index (χ2n) is 5.13. The Balaban J connectivity index is 2.22. The molecule has 0 unspecified atom stereocenters. The molecule has 0 atom stereocenters. The van der Waals surface area contributed by atoms with Crippen molar-refractivity contribution in [2.24, 2.45) is 0 Å². The van der Waals surface area contributed by atoms with E-state index < -0.39 is 0 Å². The average molecular weight is 235 g/mol. The van der Waals surface area contributed by atoms with Crippen LogP contribution in [0.5, 0.6) is 0 Å². The largest absolute Gasteiger partial charge is 0.367 e. The van der Waals surface area contributed by atoms with Crippen molar-refractivity contribution in [2.45, 2.75) is 78.1 Å². The van der Waals surface area contributed by atoms with Crippen LogP contribution in [0.4, 0.5) is 0 Å². The van der Waals surface area contributed by atoms with Crippen molar-refractivity contribution < 1.29 is 0 Å². The molecule has 1 nitrogen and oxygen atoms in total. The quantitative estimate of drug-likeness (QED) is 0.532. The number of hydrogen-bond donors (Lipinski definition) is 1. The van der Waals surface area contributed by atoms with Crippen molar-refractivity contribution in [3.05, 3.63) is 23.5 Å². The molecular weight excluding hydrogens is 206 g/mol. The van der Waals surface area contributed by atoms with E-state index in [9.17, 15) is 0 Å². The molecule has 0 bridgehead atoms. The van der Waals surface area contributed by atoms with Crippen molar-refractivity contribution in [1.29, 1.82) is 0 Å². The molecule has 0 spiro atoms. The molecule has 1 heteroatoms. The second-order valence-corrected chi connectivity index (χ2v) is 5.13. The van der Waals surface area contributed by atoms with E-state index in [1.54, 1.807) is 11.1 Å². The van der Waals surface area contributed by atoms with Crippen LogP contribution >= 0.6 is 0 Å². The first-order valence-electron chi connectivity index (χ1n) is 7.53. The summed E-state index contributed by atoms with van der Waals surface area (Å²) in [5.74, 6) is 0. The maximum Gasteiger partial charge on any atom is 0.00401 e. The molecule has 1 heterocycles. The van der Waals surface area contributed by atoms with Gasteiger partial charge in [0.25, 0.3) is 0 Å². The number of aryl methyl sites for hydroxylation is 2. The maximum atomic E-state index is 3.28. The van der Waals surface area contributed by atoms with Crippen molar-refractivity contribution >= 4 is 0 Å². The van der Waals surface area contributed by atoms with Crippen LogP contribution in [0.3, 0.4) is 0 Å². The van der Waals surface area contributed by atoms with Crippen LogP contribution in [-0.2, 0) is 12.8 Å². The molecule has 17 heavy (non-hydrogen) atoms. The first-order chi connectivity index (χ1) is 8.38. The molecule has 0 aliphatic heterocycles. The van der Waals surface area contributed by atoms with Gasteiger partial charge in [0.1, 0.15) is 0 Å². The number of nitrogens with one attached hydrogen (secondary N) is 1. The summed E-state index contributed by atoms with van der Waals surface area (Å²) in [7, 11) is 0. The van der Waals surface area contributed by atoms with Gasteiger partial charge in [0.05, 0.1) is 0 Å². The Morgan fingerprint density at radius 2 is 1.18 bits per heavy atom. The number of H-pyrrole nitrogens is 1. The lowest BCUT2D eigenvalue weighted by molar-refractivity contribution is 0.652. The summed E-state index contributed by atoms with van der Waals surface area (Å²) < 4.78 is 0. The molecule has 1 rings (SSSR count). The smallest absolute Gasteiger partial charge is 0.00401 e. The first-order valence-corrected chi connectivity index (χ1v) is 7.53. The predicted octanol–water partition coefficient (Wildman–Crippen LogP) is 5.26. The van der Waals surface area contributed by atoms with Gasteiger partial charge in [0.15, 0.2) is 0 Å². The molecule has 0 saturated carbocycles. The van der Waals surface area contributed by atoms with Gasteiger partial charge in [-0.3, -0.25) is 0 Å². The van der Waals surface area contributed by atoms with Crippen molar-refractivity contribution in [1.82, 2.24) is 4.98 Å². The van der Waals surface area contributed by atoms with E-state index in [4.69, 9.17) is 0 Å². The molecule has 1 aromatic rings. The van der Waals surface area contributed by atoms with Crippen LogP contribution in [0.1, 0.15) is 76.3 Å². The lowest BCUT2D eigenvalue weighted by atomic mass is 10.0. The SMILES string of the molecule is CCCCCCc1c[nH]cc1CCCCCC. The highest BCUT2D eigenvalue weighted by atomic mass is 14.6. The predicted molar refractivity (Wildman–Crippen MR) is 76.5 cm³/mol. The molecular formula is C16H29N. The number of hydrogen-bond acceptors (Lipinski definition) is 0. The lowest BCUT2D eigenvalue weighted by Crippen LogP contribution is -1.91. The van der Waals surface area contributed by atoms with Crippen molar-refractivity contribution in [3.8, 4) is 0 Å². The minimum atomic E-state index is 1.27. The van der Waals surface area contributed by atoms with Gasteiger partial charge in [-0.15, -0.1) is 0 Å². The number of rotatable bonds is 10. The van der Waals surface area contributed by atoms with E-state index in [1.807, 2.05) is 0 Å². The fourth-order valence-corrected chi connectivity index (χ4v) is 2.38. The zero-order chi connectivity index (χ0) is 12.3. The Morgan fingerprint density at radius 3 is 1.59 bits per heavy atom. The van der Waals surface area contributed by atoms with E-state index in [0.717, 1.165) is 0 Å². The summed E-state index contributed by atoms with van der Waals surface area (Å²) in [6.07, 6.45) is 17.9. The summed E-state index contributed by atoms with van der Waals surface area (Å²) >= 11 is 0. The van der Waals surface area contributed by atoms with Gasteiger partial charge in [-0.2, -0.15) is 0 Å². The number of unbranched alkanes of at least 4 members (excludes halogenated alkanes) is 6. The summed E-state index contributed by atoms with van der Waals surface area (Å²) in [4.78, 5) is 3.28. The number of aromatic amines is 1. The highest BCUT2D eigenvalue weighted by Crippen LogP contribution is 2.16. The first kappa shape index (κ1) is 14.3. The summed E-state index contributed by atoms with van der Waals surface area (Å²) in [6, 6.07) is 0. The summed E-state index contributed by atoms with van der Waals surface area (Å²) in [6.45, 7) is 4.55. The number of aromatic nitrogens is 1. The molecule has 0 fully saturated rings. The molecule has 98 valence electrons. The topological polar surface area (TPSA) is 15.8 Å². The van der Waals surface area contributed by atoms with Gasteiger partial charge in [0, 0.05) is 12.4 Å². The standard InChI is InChI=1S/C16H29N/c1-3-5-7-9-11-15-13-17-14-16(15)12-10-8-6-4-2/h13-14,17H,3-12H2,1-2H3. The molecule has 0 aliphatic rings. The molecule has 1 N–H and O–H groups in total. The van der Waals surface area contributed by atoms with Crippen molar-refractivity contribution in [2.75, 3.05) is 0 Å². The van der Waals surface area contributed by atoms with Crippen LogP contribution in [0, 0.1) is 0 Å². The highest BCUT2D eigenvalue weighted by Gasteiger charge is 2.03. The minimum absolute atomic E-state index is 1.27. The second kappa shape index (κ2) is 9.32.